The zero-order chi connectivity index (χ0) is 16.9. The first-order chi connectivity index (χ1) is 11.7. The van der Waals surface area contributed by atoms with Crippen molar-refractivity contribution < 1.29 is 14.3 Å². The van der Waals surface area contributed by atoms with E-state index in [0.29, 0.717) is 31.9 Å². The molecule has 0 aliphatic carbocycles. The molecule has 0 saturated carbocycles. The monoisotopic (exact) mass is 327 g/mol. The number of carbonyl (C=O) groups is 1. The highest BCUT2D eigenvalue weighted by atomic mass is 16.5. The number of amides is 1. The number of benzene rings is 1. The third-order valence-electron chi connectivity index (χ3n) is 4.03. The maximum atomic E-state index is 12.6. The summed E-state index contributed by atoms with van der Waals surface area (Å²) >= 11 is 0. The smallest absolute Gasteiger partial charge is 0.227 e. The van der Waals surface area contributed by atoms with E-state index < -0.39 is 0 Å². The summed E-state index contributed by atoms with van der Waals surface area (Å²) < 4.78 is 11.0. The Bertz CT molecular complexity index is 720. The number of ether oxygens (including phenoxy) is 2. The minimum atomic E-state index is -0.239. The van der Waals surface area contributed by atoms with E-state index in [1.165, 1.54) is 0 Å². The highest BCUT2D eigenvalue weighted by Crippen LogP contribution is 2.22. The lowest BCUT2D eigenvalue weighted by Gasteiger charge is -2.32. The van der Waals surface area contributed by atoms with Crippen molar-refractivity contribution in [3.05, 3.63) is 53.7 Å². The quantitative estimate of drug-likeness (QED) is 0.927. The third kappa shape index (κ3) is 3.83. The highest BCUT2D eigenvalue weighted by Gasteiger charge is 2.26. The van der Waals surface area contributed by atoms with Crippen LogP contribution >= 0.6 is 0 Å². The second-order valence-corrected chi connectivity index (χ2v) is 5.71. The van der Waals surface area contributed by atoms with Gasteiger partial charge in [0.2, 0.25) is 5.91 Å². The molecule has 3 rings (SSSR count). The minimum Gasteiger partial charge on any atom is -0.497 e. The third-order valence-corrected chi connectivity index (χ3v) is 4.03. The van der Waals surface area contributed by atoms with E-state index in [2.05, 4.69) is 4.98 Å². The molecule has 6 nitrogen and oxygen atoms in total. The standard InChI is InChI=1S/C18H21N3O3/c1-23-14-5-2-4-13(10-14)11-18(22)21-8-9-24-16(12-21)15-6-3-7-17(19)20-15/h2-7,10,16H,8-9,11-12H2,1H3,(H2,19,20)/t16-/m1/s1. The van der Waals surface area contributed by atoms with Gasteiger partial charge in [-0.05, 0) is 29.8 Å². The topological polar surface area (TPSA) is 77.7 Å². The van der Waals surface area contributed by atoms with E-state index in [4.69, 9.17) is 15.2 Å². The van der Waals surface area contributed by atoms with Crippen LogP contribution in [0.5, 0.6) is 5.75 Å². The van der Waals surface area contributed by atoms with Crippen LogP contribution in [0, 0.1) is 0 Å². The lowest BCUT2D eigenvalue weighted by atomic mass is 10.1. The van der Waals surface area contributed by atoms with Crippen molar-refractivity contribution in [3.63, 3.8) is 0 Å². The summed E-state index contributed by atoms with van der Waals surface area (Å²) in [6, 6.07) is 13.0. The van der Waals surface area contributed by atoms with Gasteiger partial charge in [0.05, 0.1) is 32.4 Å². The van der Waals surface area contributed by atoms with Crippen molar-refractivity contribution in [1.82, 2.24) is 9.88 Å². The summed E-state index contributed by atoms with van der Waals surface area (Å²) in [4.78, 5) is 18.7. The van der Waals surface area contributed by atoms with E-state index in [1.54, 1.807) is 13.2 Å². The Hall–Kier alpha value is -2.60. The number of hydrogen-bond acceptors (Lipinski definition) is 5. The van der Waals surface area contributed by atoms with Crippen LogP contribution < -0.4 is 10.5 Å². The van der Waals surface area contributed by atoms with Crippen LogP contribution in [0.1, 0.15) is 17.4 Å². The average Bonchev–Trinajstić information content (AvgIpc) is 2.62. The van der Waals surface area contributed by atoms with Gasteiger partial charge in [0.1, 0.15) is 17.7 Å². The van der Waals surface area contributed by atoms with E-state index >= 15 is 0 Å². The van der Waals surface area contributed by atoms with Gasteiger partial charge in [-0.1, -0.05) is 18.2 Å². The van der Waals surface area contributed by atoms with Gasteiger partial charge in [-0.15, -0.1) is 0 Å². The number of nitrogens with two attached hydrogens (primary N) is 1. The lowest BCUT2D eigenvalue weighted by molar-refractivity contribution is -0.138. The van der Waals surface area contributed by atoms with Crippen LogP contribution in [0.15, 0.2) is 42.5 Å². The van der Waals surface area contributed by atoms with Gasteiger partial charge in [-0.25, -0.2) is 4.98 Å². The molecule has 1 aliphatic rings. The molecule has 0 radical (unpaired) electrons. The zero-order valence-corrected chi connectivity index (χ0v) is 13.6. The fraction of sp³-hybridized carbons (Fsp3) is 0.333. The normalized spacial score (nSPS) is 17.5. The van der Waals surface area contributed by atoms with E-state index in [0.717, 1.165) is 17.0 Å². The van der Waals surface area contributed by atoms with Crippen LogP contribution in [0.3, 0.4) is 0 Å². The highest BCUT2D eigenvalue weighted by molar-refractivity contribution is 5.79. The Morgan fingerprint density at radius 2 is 2.21 bits per heavy atom. The first-order valence-corrected chi connectivity index (χ1v) is 7.90. The number of methoxy groups -OCH3 is 1. The Balaban J connectivity index is 1.66. The number of carbonyl (C=O) groups excluding carboxylic acids is 1. The summed E-state index contributed by atoms with van der Waals surface area (Å²) in [5.74, 6) is 1.28. The number of pyridine rings is 1. The molecule has 6 heteroatoms. The number of nitrogens with zero attached hydrogens (tertiary/aromatic N) is 2. The van der Waals surface area contributed by atoms with Gasteiger partial charge in [0.15, 0.2) is 0 Å². The van der Waals surface area contributed by atoms with Crippen molar-refractivity contribution in [3.8, 4) is 5.75 Å². The molecule has 1 amide bonds. The minimum absolute atomic E-state index is 0.0699. The molecule has 126 valence electrons. The first-order valence-electron chi connectivity index (χ1n) is 7.90. The molecular formula is C18H21N3O3. The predicted octanol–water partition coefficient (Wildman–Crippen LogP) is 1.81. The van der Waals surface area contributed by atoms with Gasteiger partial charge < -0.3 is 20.1 Å². The summed E-state index contributed by atoms with van der Waals surface area (Å²) in [5, 5.41) is 0. The van der Waals surface area contributed by atoms with Crippen LogP contribution in [-0.2, 0) is 16.0 Å². The molecular weight excluding hydrogens is 306 g/mol. The number of hydrogen-bond donors (Lipinski definition) is 1. The Morgan fingerprint density at radius 3 is 3.00 bits per heavy atom. The number of rotatable bonds is 4. The maximum Gasteiger partial charge on any atom is 0.227 e. The SMILES string of the molecule is COc1cccc(CC(=O)N2CCO[C@@H](c3cccc(N)n3)C2)c1. The molecule has 0 spiro atoms. The lowest BCUT2D eigenvalue weighted by Crippen LogP contribution is -2.43. The second-order valence-electron chi connectivity index (χ2n) is 5.71. The Kier molecular flexibility index (Phi) is 4.96. The second kappa shape index (κ2) is 7.31. The fourth-order valence-electron chi connectivity index (χ4n) is 2.77. The molecule has 2 N–H and O–H groups in total. The molecule has 1 atom stereocenters. The number of morpholine rings is 1. The van der Waals surface area contributed by atoms with E-state index in [1.807, 2.05) is 41.3 Å². The van der Waals surface area contributed by atoms with Crippen molar-refractivity contribution >= 4 is 11.7 Å². The van der Waals surface area contributed by atoms with Gasteiger partial charge in [-0.2, -0.15) is 0 Å². The van der Waals surface area contributed by atoms with Crippen molar-refractivity contribution in [2.24, 2.45) is 0 Å². The van der Waals surface area contributed by atoms with Crippen LogP contribution in [0.4, 0.5) is 5.82 Å². The molecule has 2 aromatic rings. The Labute approximate surface area is 141 Å². The molecule has 1 fully saturated rings. The zero-order valence-electron chi connectivity index (χ0n) is 13.6. The van der Waals surface area contributed by atoms with Gasteiger partial charge in [-0.3, -0.25) is 4.79 Å². The molecule has 1 aromatic carbocycles. The molecule has 0 bridgehead atoms. The molecule has 1 aliphatic heterocycles. The summed E-state index contributed by atoms with van der Waals surface area (Å²) in [6.45, 7) is 1.56. The fourth-order valence-corrected chi connectivity index (χ4v) is 2.77. The molecule has 1 aromatic heterocycles. The van der Waals surface area contributed by atoms with Crippen LogP contribution in [0.2, 0.25) is 0 Å². The van der Waals surface area contributed by atoms with Crippen molar-refractivity contribution in [2.75, 3.05) is 32.5 Å². The van der Waals surface area contributed by atoms with E-state index in [9.17, 15) is 4.79 Å². The summed E-state index contributed by atoms with van der Waals surface area (Å²) in [6.07, 6.45) is 0.102. The van der Waals surface area contributed by atoms with Gasteiger partial charge in [0, 0.05) is 6.54 Å². The van der Waals surface area contributed by atoms with Crippen LogP contribution in [0.25, 0.3) is 0 Å². The summed E-state index contributed by atoms with van der Waals surface area (Å²) in [7, 11) is 1.62. The molecule has 0 unspecified atom stereocenters. The van der Waals surface area contributed by atoms with Gasteiger partial charge in [0.25, 0.3) is 0 Å². The van der Waals surface area contributed by atoms with Crippen molar-refractivity contribution in [2.45, 2.75) is 12.5 Å². The molecule has 2 heterocycles. The van der Waals surface area contributed by atoms with Crippen LogP contribution in [-0.4, -0.2) is 42.6 Å². The largest absolute Gasteiger partial charge is 0.497 e. The first kappa shape index (κ1) is 16.3. The predicted molar refractivity (Wildman–Crippen MR) is 90.6 cm³/mol. The van der Waals surface area contributed by atoms with E-state index in [-0.39, 0.29) is 12.0 Å². The average molecular weight is 327 g/mol. The maximum absolute atomic E-state index is 12.6. The summed E-state index contributed by atoms with van der Waals surface area (Å²) in [5.41, 5.74) is 7.42. The number of aromatic nitrogens is 1. The molecule has 24 heavy (non-hydrogen) atoms. The number of anilines is 1. The Morgan fingerprint density at radius 1 is 1.38 bits per heavy atom. The van der Waals surface area contributed by atoms with Crippen molar-refractivity contribution in [1.29, 1.82) is 0 Å². The van der Waals surface area contributed by atoms with Gasteiger partial charge >= 0.3 is 0 Å². The molecule has 1 saturated heterocycles. The number of nitrogen functional groups attached to an aromatic ring is 1.